The molecular formula is C23H21Cl2N3O2S. The van der Waals surface area contributed by atoms with E-state index in [1.165, 1.54) is 0 Å². The third-order valence-corrected chi connectivity index (χ3v) is 5.90. The van der Waals surface area contributed by atoms with Crippen molar-refractivity contribution in [3.05, 3.63) is 82.8 Å². The van der Waals surface area contributed by atoms with Crippen molar-refractivity contribution < 1.29 is 9.59 Å². The monoisotopic (exact) mass is 473 g/mol. The predicted octanol–water partition coefficient (Wildman–Crippen LogP) is 5.65. The number of amides is 2. The number of anilines is 2. The Morgan fingerprint density at radius 3 is 2.06 bits per heavy atom. The van der Waals surface area contributed by atoms with Gasteiger partial charge in [-0.3, -0.25) is 14.5 Å². The molecule has 0 aromatic heterocycles. The maximum absolute atomic E-state index is 12.5. The molecule has 3 aromatic rings. The summed E-state index contributed by atoms with van der Waals surface area (Å²) in [6, 6.07) is 22.5. The molecular weight excluding hydrogens is 453 g/mol. The number of carbonyl (C=O) groups excluding carboxylic acids is 2. The molecule has 0 radical (unpaired) electrons. The molecule has 3 aromatic carbocycles. The van der Waals surface area contributed by atoms with Crippen LogP contribution in [-0.4, -0.2) is 36.9 Å². The minimum Gasteiger partial charge on any atom is -0.324 e. The number of hydrogen-bond donors (Lipinski definition) is 2. The van der Waals surface area contributed by atoms with Gasteiger partial charge in [-0.05, 0) is 43.4 Å². The van der Waals surface area contributed by atoms with E-state index in [2.05, 4.69) is 10.6 Å². The Kier molecular flexibility index (Phi) is 8.37. The molecule has 0 bridgehead atoms. The molecule has 0 aliphatic carbocycles. The van der Waals surface area contributed by atoms with E-state index in [1.807, 2.05) is 54.6 Å². The van der Waals surface area contributed by atoms with Gasteiger partial charge in [0, 0.05) is 9.79 Å². The summed E-state index contributed by atoms with van der Waals surface area (Å²) >= 11 is 13.7. The van der Waals surface area contributed by atoms with Gasteiger partial charge in [-0.15, -0.1) is 0 Å². The number of hydrogen-bond acceptors (Lipinski definition) is 4. The van der Waals surface area contributed by atoms with E-state index >= 15 is 0 Å². The largest absolute Gasteiger partial charge is 0.324 e. The van der Waals surface area contributed by atoms with Crippen LogP contribution in [0.2, 0.25) is 10.0 Å². The summed E-state index contributed by atoms with van der Waals surface area (Å²) in [5.41, 5.74) is 1.09. The smallest absolute Gasteiger partial charge is 0.238 e. The van der Waals surface area contributed by atoms with Gasteiger partial charge < -0.3 is 10.6 Å². The van der Waals surface area contributed by atoms with Crippen molar-refractivity contribution in [3.63, 3.8) is 0 Å². The van der Waals surface area contributed by atoms with Crippen molar-refractivity contribution in [2.45, 2.75) is 9.79 Å². The van der Waals surface area contributed by atoms with E-state index in [1.54, 1.807) is 41.9 Å². The summed E-state index contributed by atoms with van der Waals surface area (Å²) in [7, 11) is 1.69. The molecule has 0 saturated heterocycles. The first-order valence-corrected chi connectivity index (χ1v) is 11.0. The Hall–Kier alpha value is -2.51. The number of nitrogens with zero attached hydrogens (tertiary/aromatic N) is 1. The van der Waals surface area contributed by atoms with Crippen molar-refractivity contribution >= 4 is 58.2 Å². The average molecular weight is 474 g/mol. The molecule has 0 aliphatic heterocycles. The van der Waals surface area contributed by atoms with Crippen LogP contribution in [0.5, 0.6) is 0 Å². The molecule has 5 nitrogen and oxygen atoms in total. The van der Waals surface area contributed by atoms with Crippen molar-refractivity contribution in [2.24, 2.45) is 0 Å². The Labute approximate surface area is 195 Å². The fraction of sp³-hybridized carbons (Fsp3) is 0.130. The molecule has 0 saturated carbocycles. The zero-order valence-electron chi connectivity index (χ0n) is 16.8. The van der Waals surface area contributed by atoms with Gasteiger partial charge in [-0.2, -0.15) is 0 Å². The van der Waals surface area contributed by atoms with Crippen molar-refractivity contribution in [1.29, 1.82) is 0 Å². The van der Waals surface area contributed by atoms with Crippen LogP contribution in [0.4, 0.5) is 11.4 Å². The van der Waals surface area contributed by atoms with Gasteiger partial charge in [-0.1, -0.05) is 71.4 Å². The maximum Gasteiger partial charge on any atom is 0.238 e. The van der Waals surface area contributed by atoms with Crippen LogP contribution in [-0.2, 0) is 9.59 Å². The summed E-state index contributed by atoms with van der Waals surface area (Å²) in [6.45, 7) is 0.0589. The fourth-order valence-corrected chi connectivity index (χ4v) is 4.22. The first-order chi connectivity index (χ1) is 14.9. The number of benzene rings is 3. The Bertz CT molecular complexity index is 1040. The topological polar surface area (TPSA) is 61.4 Å². The van der Waals surface area contributed by atoms with Gasteiger partial charge in [-0.25, -0.2) is 0 Å². The first kappa shape index (κ1) is 23.2. The summed E-state index contributed by atoms with van der Waals surface area (Å²) in [4.78, 5) is 28.5. The molecule has 2 N–H and O–H groups in total. The zero-order chi connectivity index (χ0) is 22.2. The van der Waals surface area contributed by atoms with E-state index in [0.717, 1.165) is 15.5 Å². The van der Waals surface area contributed by atoms with Crippen LogP contribution in [0.25, 0.3) is 0 Å². The summed E-state index contributed by atoms with van der Waals surface area (Å²) in [6.07, 6.45) is 0. The highest BCUT2D eigenvalue weighted by Crippen LogP contribution is 2.33. The number of rotatable bonds is 8. The SMILES string of the molecule is CN(CC(=O)Nc1ccccc1Sc1ccccc1)CC(=O)Nc1c(Cl)cccc1Cl. The number of para-hydroxylation sites is 2. The van der Waals surface area contributed by atoms with Crippen LogP contribution in [0, 0.1) is 0 Å². The van der Waals surface area contributed by atoms with Crippen LogP contribution >= 0.6 is 35.0 Å². The van der Waals surface area contributed by atoms with Crippen molar-refractivity contribution in [1.82, 2.24) is 4.90 Å². The first-order valence-electron chi connectivity index (χ1n) is 9.46. The van der Waals surface area contributed by atoms with Crippen LogP contribution in [0.3, 0.4) is 0 Å². The second-order valence-corrected chi connectivity index (χ2v) is 8.71. The van der Waals surface area contributed by atoms with Gasteiger partial charge in [0.2, 0.25) is 11.8 Å². The second kappa shape index (κ2) is 11.2. The molecule has 3 rings (SSSR count). The Morgan fingerprint density at radius 2 is 1.39 bits per heavy atom. The number of nitrogens with one attached hydrogen (secondary N) is 2. The normalized spacial score (nSPS) is 10.7. The second-order valence-electron chi connectivity index (χ2n) is 6.78. The summed E-state index contributed by atoms with van der Waals surface area (Å²) in [5, 5.41) is 6.33. The highest BCUT2D eigenvalue weighted by Gasteiger charge is 2.15. The molecule has 0 unspecified atom stereocenters. The summed E-state index contributed by atoms with van der Waals surface area (Å²) in [5.74, 6) is -0.530. The third-order valence-electron chi connectivity index (χ3n) is 4.19. The molecule has 0 spiro atoms. The highest BCUT2D eigenvalue weighted by atomic mass is 35.5. The van der Waals surface area contributed by atoms with Crippen LogP contribution in [0.1, 0.15) is 0 Å². The van der Waals surface area contributed by atoms with E-state index in [0.29, 0.717) is 15.7 Å². The van der Waals surface area contributed by atoms with Gasteiger partial charge in [0.25, 0.3) is 0 Å². The van der Waals surface area contributed by atoms with Gasteiger partial charge in [0.05, 0.1) is 34.5 Å². The molecule has 0 heterocycles. The van der Waals surface area contributed by atoms with E-state index < -0.39 is 0 Å². The zero-order valence-corrected chi connectivity index (χ0v) is 19.1. The Morgan fingerprint density at radius 1 is 0.806 bits per heavy atom. The molecule has 0 fully saturated rings. The standard InChI is InChI=1S/C23H21Cl2N3O2S/c1-28(15-22(30)27-23-17(24)10-7-11-18(23)25)14-21(29)26-19-12-5-6-13-20(19)31-16-8-3-2-4-9-16/h2-13H,14-15H2,1H3,(H,26,29)(H,27,30). The number of halogens is 2. The van der Waals surface area contributed by atoms with Gasteiger partial charge in [0.15, 0.2) is 0 Å². The van der Waals surface area contributed by atoms with E-state index in [4.69, 9.17) is 23.2 Å². The fourth-order valence-electron chi connectivity index (χ4n) is 2.81. The highest BCUT2D eigenvalue weighted by molar-refractivity contribution is 7.99. The molecule has 160 valence electrons. The maximum atomic E-state index is 12.5. The minimum atomic E-state index is -0.315. The van der Waals surface area contributed by atoms with Crippen molar-refractivity contribution in [3.8, 4) is 0 Å². The lowest BCUT2D eigenvalue weighted by atomic mass is 10.3. The molecule has 0 aliphatic rings. The molecule has 2 amide bonds. The van der Waals surface area contributed by atoms with E-state index in [-0.39, 0.29) is 24.9 Å². The lowest BCUT2D eigenvalue weighted by molar-refractivity contribution is -0.119. The van der Waals surface area contributed by atoms with Crippen LogP contribution in [0.15, 0.2) is 82.6 Å². The molecule has 0 atom stereocenters. The van der Waals surface area contributed by atoms with Crippen molar-refractivity contribution in [2.75, 3.05) is 30.8 Å². The van der Waals surface area contributed by atoms with E-state index in [9.17, 15) is 9.59 Å². The quantitative estimate of drug-likeness (QED) is 0.443. The predicted molar refractivity (Wildman–Crippen MR) is 128 cm³/mol. The number of carbonyl (C=O) groups is 2. The summed E-state index contributed by atoms with van der Waals surface area (Å²) < 4.78 is 0. The molecule has 8 heteroatoms. The lowest BCUT2D eigenvalue weighted by Crippen LogP contribution is -2.36. The molecule has 31 heavy (non-hydrogen) atoms. The van der Waals surface area contributed by atoms with Crippen LogP contribution < -0.4 is 10.6 Å². The number of likely N-dealkylation sites (N-methyl/N-ethyl adjacent to an activating group) is 1. The average Bonchev–Trinajstić information content (AvgIpc) is 2.73. The third kappa shape index (κ3) is 7.01. The lowest BCUT2D eigenvalue weighted by Gasteiger charge is -2.17. The minimum absolute atomic E-state index is 0.00931. The van der Waals surface area contributed by atoms with Gasteiger partial charge in [0.1, 0.15) is 0 Å². The van der Waals surface area contributed by atoms with Gasteiger partial charge >= 0.3 is 0 Å². The Balaban J connectivity index is 1.55.